The average molecular weight is 551 g/mol. The maximum Gasteiger partial charge on any atom is 0.350 e. The summed E-state index contributed by atoms with van der Waals surface area (Å²) in [4.78, 5) is 45.3. The lowest BCUT2D eigenvalue weighted by molar-refractivity contribution is -0.132. The number of aromatic nitrogens is 1. The Balaban J connectivity index is 1.87. The summed E-state index contributed by atoms with van der Waals surface area (Å²) in [6.07, 6.45) is 0.806. The third-order valence-electron chi connectivity index (χ3n) is 5.98. The van der Waals surface area contributed by atoms with Gasteiger partial charge in [-0.25, -0.2) is 9.78 Å². The van der Waals surface area contributed by atoms with Crippen LogP contribution in [0.2, 0.25) is 0 Å². The van der Waals surface area contributed by atoms with E-state index >= 15 is 0 Å². The van der Waals surface area contributed by atoms with Crippen molar-refractivity contribution in [1.82, 2.24) is 4.98 Å². The van der Waals surface area contributed by atoms with Crippen LogP contribution in [0.3, 0.4) is 0 Å². The van der Waals surface area contributed by atoms with Crippen LogP contribution in [0.25, 0.3) is 5.76 Å². The molecular formula is C29H30N2O7S. The lowest BCUT2D eigenvalue weighted by Gasteiger charge is -2.23. The Kier molecular flexibility index (Phi) is 8.65. The quantitative estimate of drug-likeness (QED) is 0.154. The first-order valence-corrected chi connectivity index (χ1v) is 13.5. The number of esters is 1. The fraction of sp³-hybridized carbons (Fsp3) is 0.310. The summed E-state index contributed by atoms with van der Waals surface area (Å²) in [5.74, 6) is -1.47. The fourth-order valence-electron chi connectivity index (χ4n) is 4.24. The van der Waals surface area contributed by atoms with Gasteiger partial charge in [-0.1, -0.05) is 42.5 Å². The van der Waals surface area contributed by atoms with E-state index in [0.29, 0.717) is 41.5 Å². The Hall–Kier alpha value is -4.18. The molecular weight excluding hydrogens is 520 g/mol. The number of aliphatic hydroxyl groups excluding tert-OH is 1. The number of carbonyl (C=O) groups excluding carboxylic acids is 3. The summed E-state index contributed by atoms with van der Waals surface area (Å²) in [6, 6.07) is 12.7. The van der Waals surface area contributed by atoms with E-state index in [2.05, 4.69) is 4.98 Å². The number of hydrogen-bond donors (Lipinski definition) is 1. The molecule has 1 atom stereocenters. The largest absolute Gasteiger partial charge is 0.507 e. The number of nitrogens with zero attached hydrogens (tertiary/aromatic N) is 2. The molecule has 4 rings (SSSR count). The van der Waals surface area contributed by atoms with E-state index in [1.165, 1.54) is 4.90 Å². The zero-order valence-electron chi connectivity index (χ0n) is 22.2. The van der Waals surface area contributed by atoms with E-state index in [1.54, 1.807) is 62.4 Å². The van der Waals surface area contributed by atoms with Gasteiger partial charge in [0.25, 0.3) is 5.78 Å². The molecule has 1 saturated heterocycles. The average Bonchev–Trinajstić information content (AvgIpc) is 3.44. The van der Waals surface area contributed by atoms with Crippen molar-refractivity contribution < 1.29 is 33.7 Å². The molecule has 3 aromatic rings. The zero-order chi connectivity index (χ0) is 28.1. The van der Waals surface area contributed by atoms with Gasteiger partial charge in [-0.15, -0.1) is 0 Å². The van der Waals surface area contributed by atoms with Crippen molar-refractivity contribution in [1.29, 1.82) is 0 Å². The molecule has 1 unspecified atom stereocenters. The number of anilines is 1. The van der Waals surface area contributed by atoms with Gasteiger partial charge in [-0.3, -0.25) is 14.5 Å². The number of aliphatic hydroxyl groups is 1. The van der Waals surface area contributed by atoms with Crippen LogP contribution in [0.15, 0.2) is 54.1 Å². The first kappa shape index (κ1) is 27.8. The molecule has 2 aromatic carbocycles. The number of ketones is 1. The number of Topliss-reactive ketones (excluding diaryl/α,β-unsaturated/α-hetero) is 1. The van der Waals surface area contributed by atoms with Crippen LogP contribution >= 0.6 is 11.3 Å². The summed E-state index contributed by atoms with van der Waals surface area (Å²) >= 11 is 0.960. The number of benzene rings is 2. The predicted molar refractivity (Wildman–Crippen MR) is 147 cm³/mol. The molecule has 0 spiro atoms. The highest BCUT2D eigenvalue weighted by atomic mass is 32.1. The van der Waals surface area contributed by atoms with Crippen molar-refractivity contribution >= 4 is 39.9 Å². The third-order valence-corrected chi connectivity index (χ3v) is 7.12. The standard InChI is InChI=1S/C29H30N2O7S/c1-5-15-38-21-10-8-9-19(16-21)24(32)22-23(18-11-13-20(14-12-18)36-6-2)31(27(34)25(22)33)29-30-17(4)26(39-29)28(35)37-7-3/h8-14,16,23,32H,5-7,15H2,1-4H3/b24-22+. The molecule has 10 heteroatoms. The maximum atomic E-state index is 13.5. The SMILES string of the molecule is CCCOc1cccc(/C(O)=C2\C(=O)C(=O)N(c3nc(C)c(C(=O)OCC)s3)C2c2ccc(OCC)cc2)c1. The van der Waals surface area contributed by atoms with Crippen LogP contribution in [0.4, 0.5) is 5.13 Å². The van der Waals surface area contributed by atoms with Gasteiger partial charge in [0.05, 0.1) is 37.1 Å². The van der Waals surface area contributed by atoms with E-state index in [-0.39, 0.29) is 27.9 Å². The second kappa shape index (κ2) is 12.1. The summed E-state index contributed by atoms with van der Waals surface area (Å²) in [7, 11) is 0. The summed E-state index contributed by atoms with van der Waals surface area (Å²) in [5.41, 5.74) is 1.17. The van der Waals surface area contributed by atoms with Crippen molar-refractivity contribution in [2.45, 2.75) is 40.2 Å². The normalized spacial score (nSPS) is 16.4. The molecule has 1 N–H and O–H groups in total. The van der Waals surface area contributed by atoms with E-state index in [0.717, 1.165) is 17.8 Å². The van der Waals surface area contributed by atoms with Crippen LogP contribution in [0.1, 0.15) is 59.7 Å². The molecule has 0 saturated carbocycles. The Labute approximate surface area is 230 Å². The summed E-state index contributed by atoms with van der Waals surface area (Å²) in [6.45, 7) is 8.33. The number of carbonyl (C=O) groups is 3. The molecule has 1 amide bonds. The smallest absolute Gasteiger partial charge is 0.350 e. The Bertz CT molecular complexity index is 1410. The molecule has 0 bridgehead atoms. The number of ether oxygens (including phenoxy) is 3. The first-order valence-electron chi connectivity index (χ1n) is 12.7. The highest BCUT2D eigenvalue weighted by molar-refractivity contribution is 7.17. The van der Waals surface area contributed by atoms with Gasteiger partial charge in [-0.2, -0.15) is 0 Å². The Morgan fingerprint density at radius 3 is 2.44 bits per heavy atom. The van der Waals surface area contributed by atoms with Crippen LogP contribution < -0.4 is 14.4 Å². The van der Waals surface area contributed by atoms with Crippen molar-refractivity contribution in [2.75, 3.05) is 24.7 Å². The van der Waals surface area contributed by atoms with Gasteiger partial charge in [0, 0.05) is 5.56 Å². The monoisotopic (exact) mass is 550 g/mol. The fourth-order valence-corrected chi connectivity index (χ4v) is 5.23. The number of amides is 1. The van der Waals surface area contributed by atoms with Crippen LogP contribution in [-0.4, -0.2) is 47.6 Å². The minimum Gasteiger partial charge on any atom is -0.507 e. The van der Waals surface area contributed by atoms with Crippen molar-refractivity contribution in [3.05, 3.63) is 75.8 Å². The molecule has 2 heterocycles. The van der Waals surface area contributed by atoms with E-state index < -0.39 is 23.7 Å². The summed E-state index contributed by atoms with van der Waals surface area (Å²) in [5, 5.41) is 11.6. The molecule has 0 aliphatic carbocycles. The molecule has 1 aliphatic rings. The lowest BCUT2D eigenvalue weighted by atomic mass is 9.95. The Morgan fingerprint density at radius 2 is 1.77 bits per heavy atom. The van der Waals surface area contributed by atoms with Crippen LogP contribution in [0, 0.1) is 6.92 Å². The van der Waals surface area contributed by atoms with Crippen molar-refractivity contribution in [3.63, 3.8) is 0 Å². The van der Waals surface area contributed by atoms with E-state index in [1.807, 2.05) is 13.8 Å². The molecule has 9 nitrogen and oxygen atoms in total. The lowest BCUT2D eigenvalue weighted by Crippen LogP contribution is -2.29. The molecule has 0 radical (unpaired) electrons. The molecule has 39 heavy (non-hydrogen) atoms. The number of thiazole rings is 1. The second-order valence-electron chi connectivity index (χ2n) is 8.68. The topological polar surface area (TPSA) is 115 Å². The molecule has 204 valence electrons. The minimum absolute atomic E-state index is 0.0951. The highest BCUT2D eigenvalue weighted by Gasteiger charge is 2.48. The minimum atomic E-state index is -0.999. The number of rotatable bonds is 10. The van der Waals surface area contributed by atoms with Crippen LogP contribution in [0.5, 0.6) is 11.5 Å². The van der Waals surface area contributed by atoms with E-state index in [9.17, 15) is 19.5 Å². The third kappa shape index (κ3) is 5.65. The molecule has 1 aliphatic heterocycles. The first-order chi connectivity index (χ1) is 18.8. The van der Waals surface area contributed by atoms with Crippen molar-refractivity contribution in [2.24, 2.45) is 0 Å². The van der Waals surface area contributed by atoms with Gasteiger partial charge in [0.1, 0.15) is 22.1 Å². The Morgan fingerprint density at radius 1 is 1.03 bits per heavy atom. The number of aryl methyl sites for hydroxylation is 1. The molecule has 1 fully saturated rings. The molecule has 1 aromatic heterocycles. The predicted octanol–water partition coefficient (Wildman–Crippen LogP) is 5.44. The highest BCUT2D eigenvalue weighted by Crippen LogP contribution is 2.44. The van der Waals surface area contributed by atoms with Gasteiger partial charge in [0.15, 0.2) is 5.13 Å². The van der Waals surface area contributed by atoms with Gasteiger partial charge < -0.3 is 19.3 Å². The second-order valence-corrected chi connectivity index (χ2v) is 9.66. The van der Waals surface area contributed by atoms with E-state index in [4.69, 9.17) is 14.2 Å². The zero-order valence-corrected chi connectivity index (χ0v) is 23.0. The van der Waals surface area contributed by atoms with Gasteiger partial charge in [-0.05, 0) is 57.0 Å². The van der Waals surface area contributed by atoms with Gasteiger partial charge >= 0.3 is 11.9 Å². The van der Waals surface area contributed by atoms with Crippen LogP contribution in [-0.2, 0) is 14.3 Å². The summed E-state index contributed by atoms with van der Waals surface area (Å²) < 4.78 is 16.4. The maximum absolute atomic E-state index is 13.5. The van der Waals surface area contributed by atoms with Gasteiger partial charge in [0.2, 0.25) is 0 Å². The number of hydrogen-bond acceptors (Lipinski definition) is 9. The van der Waals surface area contributed by atoms with Crippen molar-refractivity contribution in [3.8, 4) is 11.5 Å².